The Kier molecular flexibility index (Phi) is 4.14. The fourth-order valence-electron chi connectivity index (χ4n) is 3.62. The maximum Gasteiger partial charge on any atom is 0.222 e. The van der Waals surface area contributed by atoms with Crippen LogP contribution in [-0.4, -0.2) is 28.0 Å². The maximum atomic E-state index is 14.9. The lowest BCUT2D eigenvalue weighted by Crippen LogP contribution is -2.22. The summed E-state index contributed by atoms with van der Waals surface area (Å²) in [4.78, 5) is 4.27. The van der Waals surface area contributed by atoms with E-state index in [1.54, 1.807) is 0 Å². The molecule has 25 heavy (non-hydrogen) atoms. The van der Waals surface area contributed by atoms with E-state index < -0.39 is 0 Å². The normalized spacial score (nSPS) is 19.4. The molecule has 2 aromatic heterocycles. The van der Waals surface area contributed by atoms with Gasteiger partial charge in [-0.2, -0.15) is 9.49 Å². The van der Waals surface area contributed by atoms with Gasteiger partial charge in [-0.05, 0) is 43.2 Å². The van der Waals surface area contributed by atoms with E-state index in [1.807, 2.05) is 23.0 Å². The molecule has 2 fully saturated rings. The van der Waals surface area contributed by atoms with Crippen molar-refractivity contribution in [3.63, 3.8) is 0 Å². The quantitative estimate of drug-likeness (QED) is 0.764. The van der Waals surface area contributed by atoms with E-state index >= 15 is 0 Å². The molecule has 0 spiro atoms. The molecule has 1 saturated carbocycles. The van der Waals surface area contributed by atoms with Crippen LogP contribution in [0.15, 0.2) is 18.3 Å². The summed E-state index contributed by atoms with van der Waals surface area (Å²) in [5, 5.41) is 4.66. The predicted molar refractivity (Wildman–Crippen MR) is 95.2 cm³/mol. The molecular weight excluding hydrogens is 317 g/mol. The minimum atomic E-state index is -0.372. The minimum Gasteiger partial charge on any atom is -0.381 e. The maximum absolute atomic E-state index is 14.9. The molecular formula is C20H26FN3O. The molecule has 1 saturated heterocycles. The van der Waals surface area contributed by atoms with E-state index in [0.29, 0.717) is 11.5 Å². The molecule has 0 aromatic carbocycles. The zero-order valence-corrected chi connectivity index (χ0v) is 15.3. The van der Waals surface area contributed by atoms with Gasteiger partial charge in [0.05, 0.1) is 23.5 Å². The number of nitrogens with zero attached hydrogens (tertiary/aromatic N) is 3. The zero-order valence-electron chi connectivity index (χ0n) is 15.3. The highest BCUT2D eigenvalue weighted by Crippen LogP contribution is 2.41. The van der Waals surface area contributed by atoms with Crippen LogP contribution in [0.1, 0.15) is 69.7 Å². The first kappa shape index (κ1) is 16.7. The standard InChI is InChI=1S/C20H26FN3O/c1-20(2,3)16-12-22-24(14-8-10-25-11-9-14)18(16)15-6-7-17(13-4-5-13)23-19(15)21/h6-7,12-14H,4-5,8-11H2,1-3H3. The molecule has 0 N–H and O–H groups in total. The zero-order chi connectivity index (χ0) is 17.6. The third-order valence-corrected chi connectivity index (χ3v) is 5.26. The van der Waals surface area contributed by atoms with E-state index in [2.05, 4.69) is 30.9 Å². The Bertz CT molecular complexity index is 768. The van der Waals surface area contributed by atoms with Crippen molar-refractivity contribution in [3.8, 4) is 11.3 Å². The Labute approximate surface area is 148 Å². The largest absolute Gasteiger partial charge is 0.381 e. The van der Waals surface area contributed by atoms with Gasteiger partial charge in [-0.25, -0.2) is 4.98 Å². The SMILES string of the molecule is CC(C)(C)c1cnn(C2CCOCC2)c1-c1ccc(C2CC2)nc1F. The van der Waals surface area contributed by atoms with Gasteiger partial charge in [0.25, 0.3) is 0 Å². The summed E-state index contributed by atoms with van der Waals surface area (Å²) < 4.78 is 22.4. The minimum absolute atomic E-state index is 0.111. The molecule has 1 aliphatic heterocycles. The molecule has 5 heteroatoms. The Morgan fingerprint density at radius 3 is 2.44 bits per heavy atom. The number of hydrogen-bond donors (Lipinski definition) is 0. The highest BCUT2D eigenvalue weighted by Gasteiger charge is 2.30. The monoisotopic (exact) mass is 343 g/mol. The number of halogens is 1. The number of ether oxygens (including phenoxy) is 1. The smallest absolute Gasteiger partial charge is 0.222 e. The third-order valence-electron chi connectivity index (χ3n) is 5.26. The van der Waals surface area contributed by atoms with Crippen molar-refractivity contribution >= 4 is 0 Å². The first-order valence-corrected chi connectivity index (χ1v) is 9.27. The van der Waals surface area contributed by atoms with Crippen molar-refractivity contribution in [2.75, 3.05) is 13.2 Å². The van der Waals surface area contributed by atoms with Gasteiger partial charge >= 0.3 is 0 Å². The molecule has 2 aromatic rings. The van der Waals surface area contributed by atoms with Crippen molar-refractivity contribution in [2.24, 2.45) is 0 Å². The summed E-state index contributed by atoms with van der Waals surface area (Å²) in [6, 6.07) is 4.14. The van der Waals surface area contributed by atoms with Crippen LogP contribution in [0.4, 0.5) is 4.39 Å². The summed E-state index contributed by atoms with van der Waals surface area (Å²) in [6.45, 7) is 7.90. The molecule has 0 unspecified atom stereocenters. The van der Waals surface area contributed by atoms with Crippen LogP contribution in [0.25, 0.3) is 11.3 Å². The molecule has 3 heterocycles. The molecule has 2 aliphatic rings. The predicted octanol–water partition coefficient (Wildman–Crippen LogP) is 4.61. The second kappa shape index (κ2) is 6.20. The highest BCUT2D eigenvalue weighted by atomic mass is 19.1. The fraction of sp³-hybridized carbons (Fsp3) is 0.600. The summed E-state index contributed by atoms with van der Waals surface area (Å²) in [6.07, 6.45) is 5.97. The van der Waals surface area contributed by atoms with Gasteiger partial charge in [0.1, 0.15) is 0 Å². The van der Waals surface area contributed by atoms with Crippen LogP contribution in [0.2, 0.25) is 0 Å². The van der Waals surface area contributed by atoms with Crippen molar-refractivity contribution in [1.29, 1.82) is 0 Å². The average Bonchev–Trinajstić information content (AvgIpc) is 3.33. The fourth-order valence-corrected chi connectivity index (χ4v) is 3.62. The van der Waals surface area contributed by atoms with E-state index in [4.69, 9.17) is 4.74 Å². The topological polar surface area (TPSA) is 39.9 Å². The molecule has 134 valence electrons. The molecule has 0 amide bonds. The Hall–Kier alpha value is -1.75. The molecule has 0 atom stereocenters. The van der Waals surface area contributed by atoms with Gasteiger partial charge in [0.2, 0.25) is 5.95 Å². The highest BCUT2D eigenvalue weighted by molar-refractivity contribution is 5.65. The van der Waals surface area contributed by atoms with Crippen LogP contribution in [0.5, 0.6) is 0 Å². The van der Waals surface area contributed by atoms with Crippen LogP contribution >= 0.6 is 0 Å². The van der Waals surface area contributed by atoms with E-state index in [1.165, 1.54) is 0 Å². The summed E-state index contributed by atoms with van der Waals surface area (Å²) >= 11 is 0. The molecule has 0 radical (unpaired) electrons. The van der Waals surface area contributed by atoms with Crippen molar-refractivity contribution in [1.82, 2.24) is 14.8 Å². The molecule has 0 bridgehead atoms. The van der Waals surface area contributed by atoms with Gasteiger partial charge in [0.15, 0.2) is 0 Å². The van der Waals surface area contributed by atoms with Crippen LogP contribution < -0.4 is 0 Å². The first-order chi connectivity index (χ1) is 11.9. The number of aromatic nitrogens is 3. The van der Waals surface area contributed by atoms with Crippen molar-refractivity contribution in [3.05, 3.63) is 35.5 Å². The van der Waals surface area contributed by atoms with Gasteiger partial charge < -0.3 is 4.74 Å². The second-order valence-corrected chi connectivity index (χ2v) is 8.29. The van der Waals surface area contributed by atoms with E-state index in [9.17, 15) is 4.39 Å². The van der Waals surface area contributed by atoms with Gasteiger partial charge in [-0.3, -0.25) is 4.68 Å². The van der Waals surface area contributed by atoms with Gasteiger partial charge in [-0.1, -0.05) is 20.8 Å². The Morgan fingerprint density at radius 1 is 1.12 bits per heavy atom. The lowest BCUT2D eigenvalue weighted by atomic mass is 9.85. The Balaban J connectivity index is 1.82. The third kappa shape index (κ3) is 3.22. The molecule has 4 rings (SSSR count). The van der Waals surface area contributed by atoms with Gasteiger partial charge in [0, 0.05) is 30.4 Å². The summed E-state index contributed by atoms with van der Waals surface area (Å²) in [5.74, 6) is 0.0785. The molecule has 4 nitrogen and oxygen atoms in total. The number of pyridine rings is 1. The summed E-state index contributed by atoms with van der Waals surface area (Å²) in [7, 11) is 0. The summed E-state index contributed by atoms with van der Waals surface area (Å²) in [5.41, 5.74) is 3.29. The van der Waals surface area contributed by atoms with Crippen molar-refractivity contribution in [2.45, 2.75) is 63.8 Å². The number of rotatable bonds is 3. The second-order valence-electron chi connectivity index (χ2n) is 8.29. The van der Waals surface area contributed by atoms with Crippen LogP contribution in [0.3, 0.4) is 0 Å². The lowest BCUT2D eigenvalue weighted by Gasteiger charge is -2.26. The van der Waals surface area contributed by atoms with Crippen LogP contribution in [0, 0.1) is 5.95 Å². The van der Waals surface area contributed by atoms with E-state index in [0.717, 1.165) is 55.8 Å². The van der Waals surface area contributed by atoms with Crippen LogP contribution in [-0.2, 0) is 10.2 Å². The first-order valence-electron chi connectivity index (χ1n) is 9.27. The lowest BCUT2D eigenvalue weighted by molar-refractivity contribution is 0.0667. The van der Waals surface area contributed by atoms with Crippen molar-refractivity contribution < 1.29 is 9.13 Å². The average molecular weight is 343 g/mol. The van der Waals surface area contributed by atoms with E-state index in [-0.39, 0.29) is 17.4 Å². The molecule has 1 aliphatic carbocycles. The van der Waals surface area contributed by atoms with Gasteiger partial charge in [-0.15, -0.1) is 0 Å². The Morgan fingerprint density at radius 2 is 1.84 bits per heavy atom. The number of hydrogen-bond acceptors (Lipinski definition) is 3.